The topological polar surface area (TPSA) is 91.6 Å². The molecule has 1 aromatic heterocycles. The summed E-state index contributed by atoms with van der Waals surface area (Å²) in [6.07, 6.45) is 1.15. The van der Waals surface area contributed by atoms with E-state index in [1.165, 1.54) is 41.8 Å². The number of carboxylic acids is 1. The molecular formula is C23H20ClF2N3O4. The summed E-state index contributed by atoms with van der Waals surface area (Å²) >= 11 is 6.43. The molecule has 1 amide bonds. The fourth-order valence-electron chi connectivity index (χ4n) is 4.04. The van der Waals surface area contributed by atoms with Crippen molar-refractivity contribution in [1.82, 2.24) is 9.88 Å². The maximum atomic E-state index is 15.1. The van der Waals surface area contributed by atoms with Crippen molar-refractivity contribution in [2.45, 2.75) is 12.3 Å². The Kier molecular flexibility index (Phi) is 6.07. The maximum Gasteiger partial charge on any atom is 0.341 e. The van der Waals surface area contributed by atoms with Crippen molar-refractivity contribution < 1.29 is 23.5 Å². The van der Waals surface area contributed by atoms with Crippen molar-refractivity contribution in [3.8, 4) is 5.69 Å². The van der Waals surface area contributed by atoms with Gasteiger partial charge >= 0.3 is 5.97 Å². The molecule has 1 aliphatic rings. The van der Waals surface area contributed by atoms with Crippen LogP contribution in [0.3, 0.4) is 0 Å². The number of aromatic nitrogens is 1. The van der Waals surface area contributed by atoms with Crippen molar-refractivity contribution in [1.29, 1.82) is 0 Å². The Hall–Kier alpha value is -3.46. The molecule has 1 fully saturated rings. The van der Waals surface area contributed by atoms with Crippen LogP contribution in [-0.2, 0) is 4.79 Å². The zero-order valence-electron chi connectivity index (χ0n) is 17.5. The highest BCUT2D eigenvalue weighted by molar-refractivity contribution is 6.21. The fraction of sp³-hybridized carbons (Fsp3) is 0.261. The van der Waals surface area contributed by atoms with E-state index >= 15 is 4.39 Å². The number of amides is 1. The van der Waals surface area contributed by atoms with E-state index in [1.807, 2.05) is 0 Å². The highest BCUT2D eigenvalue weighted by atomic mass is 35.5. The van der Waals surface area contributed by atoms with Crippen molar-refractivity contribution in [2.75, 3.05) is 24.5 Å². The summed E-state index contributed by atoms with van der Waals surface area (Å²) in [7, 11) is 0. The molecule has 172 valence electrons. The van der Waals surface area contributed by atoms with Gasteiger partial charge in [-0.15, -0.1) is 11.6 Å². The molecule has 0 saturated carbocycles. The van der Waals surface area contributed by atoms with Crippen LogP contribution in [0.5, 0.6) is 0 Å². The fourth-order valence-corrected chi connectivity index (χ4v) is 4.38. The number of rotatable bonds is 5. The monoisotopic (exact) mass is 475 g/mol. The number of fused-ring (bicyclic) bond motifs is 1. The highest BCUT2D eigenvalue weighted by Crippen LogP contribution is 2.32. The Morgan fingerprint density at radius 2 is 1.88 bits per heavy atom. The Balaban J connectivity index is 1.85. The van der Waals surface area contributed by atoms with Gasteiger partial charge in [-0.05, 0) is 36.4 Å². The molecule has 0 spiro atoms. The van der Waals surface area contributed by atoms with Gasteiger partial charge in [-0.2, -0.15) is 0 Å². The van der Waals surface area contributed by atoms with Gasteiger partial charge in [-0.25, -0.2) is 13.6 Å². The molecule has 2 atom stereocenters. The summed E-state index contributed by atoms with van der Waals surface area (Å²) in [5.74, 6) is -2.93. The molecule has 0 aliphatic carbocycles. The van der Waals surface area contributed by atoms with Crippen LogP contribution in [-0.4, -0.2) is 46.6 Å². The van der Waals surface area contributed by atoms with Gasteiger partial charge in [0.2, 0.25) is 11.3 Å². The average molecular weight is 476 g/mol. The quantitative estimate of drug-likeness (QED) is 0.553. The Labute approximate surface area is 192 Å². The number of pyridine rings is 1. The highest BCUT2D eigenvalue weighted by Gasteiger charge is 2.33. The lowest BCUT2D eigenvalue weighted by atomic mass is 10.1. The molecule has 1 aliphatic heterocycles. The lowest BCUT2D eigenvalue weighted by molar-refractivity contribution is -0.119. The number of halogens is 3. The molecule has 1 saturated heterocycles. The van der Waals surface area contributed by atoms with Crippen LogP contribution in [0.2, 0.25) is 0 Å². The van der Waals surface area contributed by atoms with Gasteiger partial charge in [-0.1, -0.05) is 0 Å². The Bertz CT molecular complexity index is 1310. The zero-order chi connectivity index (χ0) is 23.9. The second-order valence-electron chi connectivity index (χ2n) is 7.96. The van der Waals surface area contributed by atoms with Crippen molar-refractivity contribution >= 4 is 40.1 Å². The van der Waals surface area contributed by atoms with E-state index in [4.69, 9.17) is 11.6 Å². The number of nitrogens with zero attached hydrogens (tertiary/aromatic N) is 2. The third kappa shape index (κ3) is 4.41. The summed E-state index contributed by atoms with van der Waals surface area (Å²) in [6, 6.07) is 7.75. The normalized spacial score (nSPS) is 18.0. The van der Waals surface area contributed by atoms with Crippen LogP contribution in [0.25, 0.3) is 16.6 Å². The van der Waals surface area contributed by atoms with Crippen LogP contribution in [0, 0.1) is 17.6 Å². The van der Waals surface area contributed by atoms with Crippen molar-refractivity contribution in [3.05, 3.63) is 70.0 Å². The van der Waals surface area contributed by atoms with Crippen molar-refractivity contribution in [2.24, 2.45) is 5.92 Å². The zero-order valence-corrected chi connectivity index (χ0v) is 18.3. The molecule has 7 nitrogen and oxygen atoms in total. The Morgan fingerprint density at radius 3 is 2.52 bits per heavy atom. The van der Waals surface area contributed by atoms with Gasteiger partial charge < -0.3 is 19.9 Å². The molecule has 0 bridgehead atoms. The van der Waals surface area contributed by atoms with Crippen LogP contribution in [0.15, 0.2) is 47.4 Å². The lowest BCUT2D eigenvalue weighted by Crippen LogP contribution is -2.31. The number of carbonyl (C=O) groups is 2. The summed E-state index contributed by atoms with van der Waals surface area (Å²) in [4.78, 5) is 37.3. The van der Waals surface area contributed by atoms with Crippen molar-refractivity contribution in [3.63, 3.8) is 0 Å². The molecule has 2 N–H and O–H groups in total. The van der Waals surface area contributed by atoms with Crippen LogP contribution >= 0.6 is 11.6 Å². The first-order valence-corrected chi connectivity index (χ1v) is 10.6. The summed E-state index contributed by atoms with van der Waals surface area (Å²) in [5.41, 5.74) is -0.485. The molecule has 4 rings (SSSR count). The molecule has 0 radical (unpaired) electrons. The second-order valence-corrected chi connectivity index (χ2v) is 8.52. The lowest BCUT2D eigenvalue weighted by Gasteiger charge is -2.21. The van der Waals surface area contributed by atoms with E-state index in [1.54, 1.807) is 4.90 Å². The maximum absolute atomic E-state index is 15.1. The van der Waals surface area contributed by atoms with E-state index in [0.717, 1.165) is 12.3 Å². The average Bonchev–Trinajstić information content (AvgIpc) is 3.13. The molecule has 10 heteroatoms. The number of hydrogen-bond acceptors (Lipinski definition) is 4. The SMILES string of the molecule is CC(=O)NCC1CN(c2cc3c(cc2F)c(=O)c(C(=O)O)cn3-c2ccc(F)cc2)CC1Cl. The molecule has 2 aromatic carbocycles. The van der Waals surface area contributed by atoms with Crippen LogP contribution < -0.4 is 15.6 Å². The van der Waals surface area contributed by atoms with Gasteiger partial charge in [-0.3, -0.25) is 9.59 Å². The van der Waals surface area contributed by atoms with Gasteiger partial charge in [0.25, 0.3) is 0 Å². The summed E-state index contributed by atoms with van der Waals surface area (Å²) < 4.78 is 30.0. The molecule has 2 unspecified atom stereocenters. The number of benzene rings is 2. The third-order valence-electron chi connectivity index (χ3n) is 5.72. The van der Waals surface area contributed by atoms with E-state index in [9.17, 15) is 23.9 Å². The number of aromatic carboxylic acids is 1. The Morgan fingerprint density at radius 1 is 1.18 bits per heavy atom. The van der Waals surface area contributed by atoms with Gasteiger partial charge in [0.15, 0.2) is 0 Å². The first kappa shape index (κ1) is 22.7. The predicted molar refractivity (Wildman–Crippen MR) is 120 cm³/mol. The minimum absolute atomic E-state index is 0.112. The minimum Gasteiger partial charge on any atom is -0.477 e. The number of carbonyl (C=O) groups excluding carboxylic acids is 1. The number of nitrogens with one attached hydrogen (secondary N) is 1. The van der Waals surface area contributed by atoms with Gasteiger partial charge in [0.1, 0.15) is 17.2 Å². The molecule has 3 aromatic rings. The van der Waals surface area contributed by atoms with Crippen LogP contribution in [0.1, 0.15) is 17.3 Å². The number of carboxylic acid groups (broad SMARTS) is 1. The number of alkyl halides is 1. The predicted octanol–water partition coefficient (Wildman–Crippen LogP) is 3.15. The van der Waals surface area contributed by atoms with Gasteiger partial charge in [0.05, 0.1) is 16.6 Å². The first-order chi connectivity index (χ1) is 15.7. The van der Waals surface area contributed by atoms with E-state index < -0.39 is 28.6 Å². The van der Waals surface area contributed by atoms with E-state index in [2.05, 4.69) is 5.32 Å². The first-order valence-electron chi connectivity index (χ1n) is 10.2. The smallest absolute Gasteiger partial charge is 0.341 e. The number of hydrogen-bond donors (Lipinski definition) is 2. The minimum atomic E-state index is -1.45. The van der Waals surface area contributed by atoms with Gasteiger partial charge in [0, 0.05) is 49.7 Å². The third-order valence-corrected chi connectivity index (χ3v) is 6.22. The molecule has 2 heterocycles. The van der Waals surface area contributed by atoms with E-state index in [0.29, 0.717) is 25.3 Å². The molecular weight excluding hydrogens is 456 g/mol. The molecule has 33 heavy (non-hydrogen) atoms. The second kappa shape index (κ2) is 8.82. The summed E-state index contributed by atoms with van der Waals surface area (Å²) in [6.45, 7) is 2.45. The van der Waals surface area contributed by atoms with Crippen LogP contribution in [0.4, 0.5) is 14.5 Å². The number of anilines is 1. The standard InChI is InChI=1S/C23H20ClF2N3O4/c1-12(30)27-8-13-9-28(11-18(13)24)21-7-20-16(6-19(21)26)22(31)17(23(32)33)10-29(20)15-4-2-14(25)3-5-15/h2-7,10,13,18H,8-9,11H2,1H3,(H,27,30)(H,32,33). The van der Waals surface area contributed by atoms with E-state index in [-0.39, 0.29) is 33.8 Å². The summed E-state index contributed by atoms with van der Waals surface area (Å²) in [5, 5.41) is 11.7. The largest absolute Gasteiger partial charge is 0.477 e.